The molecule has 1 aromatic rings. The molecule has 0 aromatic carbocycles. The van der Waals surface area contributed by atoms with Crippen LogP contribution in [0.25, 0.3) is 0 Å². The topological polar surface area (TPSA) is 91.7 Å². The van der Waals surface area contributed by atoms with Crippen molar-refractivity contribution in [3.05, 3.63) is 17.6 Å². The van der Waals surface area contributed by atoms with E-state index in [-0.39, 0.29) is 10.8 Å². The molecular formula is C18H25N5O3. The molecule has 1 aliphatic carbocycles. The molecule has 0 unspecified atom stereocenters. The van der Waals surface area contributed by atoms with Crippen LogP contribution in [0, 0.1) is 11.1 Å². The highest BCUT2D eigenvalue weighted by molar-refractivity contribution is 5.89. The van der Waals surface area contributed by atoms with E-state index in [0.29, 0.717) is 49.8 Å². The summed E-state index contributed by atoms with van der Waals surface area (Å²) in [5.74, 6) is 1.61. The number of quaternary nitrogens is 1. The van der Waals surface area contributed by atoms with Crippen molar-refractivity contribution < 1.29 is 14.1 Å². The Labute approximate surface area is 152 Å². The lowest BCUT2D eigenvalue weighted by atomic mass is 9.75. The van der Waals surface area contributed by atoms with E-state index in [4.69, 9.17) is 9.47 Å². The lowest BCUT2D eigenvalue weighted by molar-refractivity contribution is -0.905. The van der Waals surface area contributed by atoms with Crippen LogP contribution in [-0.4, -0.2) is 58.5 Å². The molecule has 1 atom stereocenters. The molecule has 4 fully saturated rings. The lowest BCUT2D eigenvalue weighted by Gasteiger charge is -2.58. The van der Waals surface area contributed by atoms with Crippen LogP contribution in [0.4, 0.5) is 5.82 Å². The zero-order valence-electron chi connectivity index (χ0n) is 14.9. The van der Waals surface area contributed by atoms with Gasteiger partial charge in [0.25, 0.3) is 6.02 Å². The first-order valence-corrected chi connectivity index (χ1v) is 9.69. The first-order valence-electron chi connectivity index (χ1n) is 9.69. The van der Waals surface area contributed by atoms with Crippen LogP contribution in [0.3, 0.4) is 0 Å². The number of aliphatic imine (C=N–C) groups is 1. The van der Waals surface area contributed by atoms with Crippen LogP contribution in [-0.2, 0) is 4.74 Å². The number of anilines is 1. The van der Waals surface area contributed by atoms with Crippen molar-refractivity contribution in [2.75, 3.05) is 31.5 Å². The van der Waals surface area contributed by atoms with E-state index in [0.717, 1.165) is 25.7 Å². The molecule has 1 aromatic heterocycles. The summed E-state index contributed by atoms with van der Waals surface area (Å²) in [7, 11) is 0. The number of amidine groups is 1. The Morgan fingerprint density at radius 3 is 2.77 bits per heavy atom. The fourth-order valence-corrected chi connectivity index (χ4v) is 4.92. The van der Waals surface area contributed by atoms with Crippen molar-refractivity contribution in [3.8, 4) is 5.88 Å². The van der Waals surface area contributed by atoms with Gasteiger partial charge in [-0.25, -0.2) is 15.0 Å². The zero-order valence-corrected chi connectivity index (χ0v) is 14.9. The van der Waals surface area contributed by atoms with Crippen molar-refractivity contribution in [2.45, 2.75) is 50.2 Å². The quantitative estimate of drug-likeness (QED) is 0.656. The normalized spacial score (nSPS) is 36.2. The maximum atomic E-state index is 12.7. The molecule has 8 nitrogen and oxygen atoms in total. The summed E-state index contributed by atoms with van der Waals surface area (Å²) in [6.07, 6.45) is 8.21. The number of hydrogen-bond acceptors (Lipinski definition) is 7. The van der Waals surface area contributed by atoms with Gasteiger partial charge in [0, 0.05) is 24.8 Å². The number of rotatable bonds is 3. The molecule has 8 heteroatoms. The van der Waals surface area contributed by atoms with Gasteiger partial charge in [0.1, 0.15) is 24.8 Å². The summed E-state index contributed by atoms with van der Waals surface area (Å²) in [6, 6.07) is 2.24. The maximum absolute atomic E-state index is 12.7. The molecule has 1 spiro atoms. The summed E-state index contributed by atoms with van der Waals surface area (Å²) in [5.41, 5.74) is -0.434. The van der Waals surface area contributed by atoms with Gasteiger partial charge in [-0.3, -0.25) is 5.32 Å². The SMILES string of the molecule is [O-][N+]12CCC(CC1)[C@]1(CN=C(Nc3cc(OC4CCCC4)ncn3)O1)C2. The van der Waals surface area contributed by atoms with Crippen LogP contribution in [0.2, 0.25) is 0 Å². The highest BCUT2D eigenvalue weighted by atomic mass is 16.6. The molecule has 1 saturated carbocycles. The molecule has 140 valence electrons. The van der Waals surface area contributed by atoms with Gasteiger partial charge in [-0.2, -0.15) is 0 Å². The molecule has 0 amide bonds. The second-order valence-electron chi connectivity index (χ2n) is 8.12. The molecule has 2 bridgehead atoms. The van der Waals surface area contributed by atoms with Crippen molar-refractivity contribution >= 4 is 11.8 Å². The molecular weight excluding hydrogens is 334 g/mol. The summed E-state index contributed by atoms with van der Waals surface area (Å²) in [6.45, 7) is 2.49. The van der Waals surface area contributed by atoms with Crippen molar-refractivity contribution in [1.29, 1.82) is 0 Å². The van der Waals surface area contributed by atoms with E-state index in [9.17, 15) is 5.21 Å². The first-order chi connectivity index (χ1) is 12.6. The Balaban J connectivity index is 1.25. The van der Waals surface area contributed by atoms with Crippen LogP contribution >= 0.6 is 0 Å². The molecule has 6 rings (SSSR count). The molecule has 5 heterocycles. The smallest absolute Gasteiger partial charge is 0.291 e. The summed E-state index contributed by atoms with van der Waals surface area (Å²) >= 11 is 0. The van der Waals surface area contributed by atoms with Crippen molar-refractivity contribution in [2.24, 2.45) is 10.9 Å². The van der Waals surface area contributed by atoms with E-state index in [1.807, 2.05) is 0 Å². The Morgan fingerprint density at radius 1 is 1.19 bits per heavy atom. The minimum atomic E-state index is -0.434. The van der Waals surface area contributed by atoms with E-state index in [2.05, 4.69) is 20.3 Å². The van der Waals surface area contributed by atoms with Crippen LogP contribution < -0.4 is 10.1 Å². The number of hydroxylamine groups is 3. The van der Waals surface area contributed by atoms with Gasteiger partial charge in [-0.05, 0) is 25.7 Å². The third-order valence-corrected chi connectivity index (χ3v) is 6.33. The van der Waals surface area contributed by atoms with Crippen LogP contribution in [0.1, 0.15) is 38.5 Å². The Kier molecular flexibility index (Phi) is 3.79. The molecule has 3 saturated heterocycles. The summed E-state index contributed by atoms with van der Waals surface area (Å²) in [4.78, 5) is 13.0. The Hall–Kier alpha value is -1.93. The molecule has 4 aliphatic heterocycles. The van der Waals surface area contributed by atoms with E-state index in [1.165, 1.54) is 19.2 Å². The largest absolute Gasteiger partial charge is 0.633 e. The third-order valence-electron chi connectivity index (χ3n) is 6.33. The summed E-state index contributed by atoms with van der Waals surface area (Å²) in [5, 5.41) is 15.9. The Morgan fingerprint density at radius 2 is 2.00 bits per heavy atom. The first kappa shape index (κ1) is 16.3. The predicted molar refractivity (Wildman–Crippen MR) is 95.6 cm³/mol. The second kappa shape index (κ2) is 6.06. The fourth-order valence-electron chi connectivity index (χ4n) is 4.92. The highest BCUT2D eigenvalue weighted by Gasteiger charge is 2.56. The maximum Gasteiger partial charge on any atom is 0.291 e. The number of piperidine rings is 3. The Bertz CT molecular complexity index is 713. The average molecular weight is 359 g/mol. The summed E-state index contributed by atoms with van der Waals surface area (Å²) < 4.78 is 12.0. The number of fused-ring (bicyclic) bond motifs is 2. The fraction of sp³-hybridized carbons (Fsp3) is 0.722. The van der Waals surface area contributed by atoms with E-state index < -0.39 is 5.60 Å². The lowest BCUT2D eigenvalue weighted by Crippen LogP contribution is -2.67. The van der Waals surface area contributed by atoms with Gasteiger partial charge >= 0.3 is 0 Å². The highest BCUT2D eigenvalue weighted by Crippen LogP contribution is 2.44. The molecule has 0 radical (unpaired) electrons. The number of nitrogens with zero attached hydrogens (tertiary/aromatic N) is 4. The van der Waals surface area contributed by atoms with Gasteiger partial charge in [0.2, 0.25) is 5.88 Å². The number of hydrogen-bond donors (Lipinski definition) is 1. The van der Waals surface area contributed by atoms with Crippen LogP contribution in [0.5, 0.6) is 5.88 Å². The van der Waals surface area contributed by atoms with Gasteiger partial charge in [0.05, 0.1) is 19.6 Å². The van der Waals surface area contributed by atoms with Crippen molar-refractivity contribution in [3.63, 3.8) is 0 Å². The standard InChI is InChI=1S/C18H25N5O3/c24-23-7-5-13(6-8-23)18(11-23)10-19-17(26-18)22-15-9-16(21-12-20-15)25-14-3-1-2-4-14/h9,12-14H,1-8,10-11H2,(H,19,20,21,22)/t13?,18-,23?/m0/s1. The zero-order chi connectivity index (χ0) is 17.6. The monoisotopic (exact) mass is 359 g/mol. The molecule has 5 aliphatic rings. The van der Waals surface area contributed by atoms with Crippen molar-refractivity contribution in [1.82, 2.24) is 9.97 Å². The van der Waals surface area contributed by atoms with Gasteiger partial charge in [-0.1, -0.05) is 0 Å². The third kappa shape index (κ3) is 2.91. The number of aromatic nitrogens is 2. The second-order valence-corrected chi connectivity index (χ2v) is 8.12. The molecule has 26 heavy (non-hydrogen) atoms. The molecule has 1 N–H and O–H groups in total. The van der Waals surface area contributed by atoms with Gasteiger partial charge in [0.15, 0.2) is 5.60 Å². The number of ether oxygens (including phenoxy) is 2. The minimum Gasteiger partial charge on any atom is -0.633 e. The number of nitrogens with one attached hydrogen (secondary N) is 1. The average Bonchev–Trinajstić information content (AvgIpc) is 3.26. The van der Waals surface area contributed by atoms with E-state index >= 15 is 0 Å². The minimum absolute atomic E-state index is 0.133. The predicted octanol–water partition coefficient (Wildman–Crippen LogP) is 2.07. The van der Waals surface area contributed by atoms with Gasteiger partial charge in [-0.15, -0.1) is 0 Å². The van der Waals surface area contributed by atoms with E-state index in [1.54, 1.807) is 6.07 Å². The van der Waals surface area contributed by atoms with Crippen LogP contribution in [0.15, 0.2) is 17.4 Å². The van der Waals surface area contributed by atoms with Gasteiger partial charge < -0.3 is 19.3 Å².